The summed E-state index contributed by atoms with van der Waals surface area (Å²) in [5.74, 6) is 0.820. The number of anilines is 1. The number of benzene rings is 1. The fraction of sp³-hybridized carbons (Fsp3) is 0.308. The third-order valence-electron chi connectivity index (χ3n) is 3.14. The maximum absolute atomic E-state index is 13.8. The molecule has 2 heterocycles. The fourth-order valence-electron chi connectivity index (χ4n) is 2.38. The molecule has 0 saturated heterocycles. The summed E-state index contributed by atoms with van der Waals surface area (Å²) in [5.41, 5.74) is 1.68. The van der Waals surface area contributed by atoms with Gasteiger partial charge in [-0.25, -0.2) is 9.07 Å². The Kier molecular flexibility index (Phi) is 2.35. The lowest BCUT2D eigenvalue weighted by Gasteiger charge is -2.26. The monoisotopic (exact) mass is 231 g/mol. The number of hydrogen-bond donors (Lipinski definition) is 1. The zero-order valence-corrected chi connectivity index (χ0v) is 9.65. The lowest BCUT2D eigenvalue weighted by atomic mass is 10.0. The summed E-state index contributed by atoms with van der Waals surface area (Å²) in [7, 11) is 0. The number of aromatic nitrogens is 2. The highest BCUT2D eigenvalue weighted by molar-refractivity contribution is 5.41. The largest absolute Gasteiger partial charge is 0.370 e. The molecule has 0 spiro atoms. The van der Waals surface area contributed by atoms with Crippen LogP contribution >= 0.6 is 0 Å². The molecule has 0 saturated carbocycles. The van der Waals surface area contributed by atoms with Gasteiger partial charge in [-0.1, -0.05) is 18.2 Å². The molecule has 1 aliphatic rings. The Morgan fingerprint density at radius 3 is 3.06 bits per heavy atom. The Labute approximate surface area is 99.3 Å². The van der Waals surface area contributed by atoms with Crippen molar-refractivity contribution in [3.8, 4) is 0 Å². The normalized spacial score (nSPS) is 18.6. The van der Waals surface area contributed by atoms with E-state index in [0.29, 0.717) is 0 Å². The van der Waals surface area contributed by atoms with Gasteiger partial charge in [-0.2, -0.15) is 5.10 Å². The molecule has 2 aromatic rings. The molecule has 0 amide bonds. The van der Waals surface area contributed by atoms with E-state index in [1.165, 1.54) is 6.07 Å². The molecule has 0 fully saturated rings. The van der Waals surface area contributed by atoms with Gasteiger partial charge in [0.05, 0.1) is 11.7 Å². The topological polar surface area (TPSA) is 29.9 Å². The summed E-state index contributed by atoms with van der Waals surface area (Å²) < 4.78 is 15.7. The second-order valence-electron chi connectivity index (χ2n) is 4.37. The Balaban J connectivity index is 2.09. The van der Waals surface area contributed by atoms with E-state index in [4.69, 9.17) is 0 Å². The standard InChI is InChI=1S/C13H14FN3/c1-9-8-13-15-7-6-12(17(13)16-9)10-4-2-3-5-11(10)14/h2-5,8,12,15H,6-7H2,1H3. The minimum Gasteiger partial charge on any atom is -0.370 e. The van der Waals surface area contributed by atoms with Crippen LogP contribution < -0.4 is 5.32 Å². The highest BCUT2D eigenvalue weighted by atomic mass is 19.1. The summed E-state index contributed by atoms with van der Waals surface area (Å²) in [6.45, 7) is 2.80. The fourth-order valence-corrected chi connectivity index (χ4v) is 2.38. The molecule has 88 valence electrons. The zero-order chi connectivity index (χ0) is 11.8. The van der Waals surface area contributed by atoms with E-state index in [9.17, 15) is 4.39 Å². The van der Waals surface area contributed by atoms with Crippen molar-refractivity contribution in [2.45, 2.75) is 19.4 Å². The molecule has 0 radical (unpaired) electrons. The molecule has 1 atom stereocenters. The first kappa shape index (κ1) is 10.3. The number of hydrogen-bond acceptors (Lipinski definition) is 2. The molecular weight excluding hydrogens is 217 g/mol. The predicted molar refractivity (Wildman–Crippen MR) is 64.6 cm³/mol. The van der Waals surface area contributed by atoms with E-state index >= 15 is 0 Å². The van der Waals surface area contributed by atoms with Gasteiger partial charge in [-0.05, 0) is 19.4 Å². The molecule has 3 nitrogen and oxygen atoms in total. The Morgan fingerprint density at radius 2 is 2.24 bits per heavy atom. The average molecular weight is 231 g/mol. The average Bonchev–Trinajstić information content (AvgIpc) is 2.70. The van der Waals surface area contributed by atoms with Crippen molar-refractivity contribution in [3.63, 3.8) is 0 Å². The molecule has 4 heteroatoms. The maximum atomic E-state index is 13.8. The predicted octanol–water partition coefficient (Wildman–Crippen LogP) is 2.74. The summed E-state index contributed by atoms with van der Waals surface area (Å²) >= 11 is 0. The van der Waals surface area contributed by atoms with Gasteiger partial charge in [0.1, 0.15) is 11.6 Å². The molecule has 1 N–H and O–H groups in total. The molecule has 1 unspecified atom stereocenters. The van der Waals surface area contributed by atoms with Crippen molar-refractivity contribution in [1.29, 1.82) is 0 Å². The molecule has 1 aromatic heterocycles. The third-order valence-corrected chi connectivity index (χ3v) is 3.14. The van der Waals surface area contributed by atoms with Crippen LogP contribution in [0.1, 0.15) is 23.7 Å². The summed E-state index contributed by atoms with van der Waals surface area (Å²) in [4.78, 5) is 0. The van der Waals surface area contributed by atoms with Crippen LogP contribution in [0, 0.1) is 12.7 Å². The van der Waals surface area contributed by atoms with Gasteiger partial charge in [0, 0.05) is 18.2 Å². The van der Waals surface area contributed by atoms with Gasteiger partial charge in [0.25, 0.3) is 0 Å². The second kappa shape index (κ2) is 3.87. The van der Waals surface area contributed by atoms with Crippen LogP contribution in [0.25, 0.3) is 0 Å². The molecule has 0 aliphatic carbocycles. The molecule has 1 aromatic carbocycles. The number of rotatable bonds is 1. The number of aryl methyl sites for hydroxylation is 1. The minimum absolute atomic E-state index is 0.00106. The van der Waals surface area contributed by atoms with Gasteiger partial charge in [-0.3, -0.25) is 0 Å². The number of fused-ring (bicyclic) bond motifs is 1. The lowest BCUT2D eigenvalue weighted by molar-refractivity contribution is 0.457. The van der Waals surface area contributed by atoms with Crippen molar-refractivity contribution in [2.75, 3.05) is 11.9 Å². The summed E-state index contributed by atoms with van der Waals surface area (Å²) in [6.07, 6.45) is 0.856. The molecule has 17 heavy (non-hydrogen) atoms. The summed E-state index contributed by atoms with van der Waals surface area (Å²) in [5, 5.41) is 7.72. The third kappa shape index (κ3) is 1.69. The van der Waals surface area contributed by atoms with E-state index in [2.05, 4.69) is 10.4 Å². The van der Waals surface area contributed by atoms with Gasteiger partial charge in [0.15, 0.2) is 0 Å². The van der Waals surface area contributed by atoms with Crippen LogP contribution in [-0.4, -0.2) is 16.3 Å². The van der Waals surface area contributed by atoms with Crippen LogP contribution in [0.15, 0.2) is 30.3 Å². The highest BCUT2D eigenvalue weighted by Gasteiger charge is 2.24. The van der Waals surface area contributed by atoms with E-state index in [1.807, 2.05) is 29.8 Å². The van der Waals surface area contributed by atoms with Crippen LogP contribution in [0.5, 0.6) is 0 Å². The number of nitrogens with zero attached hydrogens (tertiary/aromatic N) is 2. The van der Waals surface area contributed by atoms with E-state index in [0.717, 1.165) is 30.0 Å². The lowest BCUT2D eigenvalue weighted by Crippen LogP contribution is -2.24. The van der Waals surface area contributed by atoms with Gasteiger partial charge >= 0.3 is 0 Å². The van der Waals surface area contributed by atoms with Gasteiger partial charge < -0.3 is 5.32 Å². The van der Waals surface area contributed by atoms with Crippen molar-refractivity contribution < 1.29 is 4.39 Å². The van der Waals surface area contributed by atoms with Crippen LogP contribution in [0.3, 0.4) is 0 Å². The highest BCUT2D eigenvalue weighted by Crippen LogP contribution is 2.30. The Bertz CT molecular complexity index is 547. The zero-order valence-electron chi connectivity index (χ0n) is 9.65. The van der Waals surface area contributed by atoms with Crippen LogP contribution in [0.4, 0.5) is 10.2 Å². The Hall–Kier alpha value is -1.84. The van der Waals surface area contributed by atoms with E-state index in [1.54, 1.807) is 6.07 Å². The second-order valence-corrected chi connectivity index (χ2v) is 4.37. The van der Waals surface area contributed by atoms with Crippen molar-refractivity contribution in [1.82, 2.24) is 9.78 Å². The Morgan fingerprint density at radius 1 is 1.41 bits per heavy atom. The quantitative estimate of drug-likeness (QED) is 0.817. The van der Waals surface area contributed by atoms with Crippen molar-refractivity contribution in [2.24, 2.45) is 0 Å². The SMILES string of the molecule is Cc1cc2n(n1)C(c1ccccc1F)CCN2. The van der Waals surface area contributed by atoms with Crippen LogP contribution in [-0.2, 0) is 0 Å². The minimum atomic E-state index is -0.154. The van der Waals surface area contributed by atoms with E-state index in [-0.39, 0.29) is 11.9 Å². The molecular formula is C13H14FN3. The number of halogens is 1. The first-order chi connectivity index (χ1) is 8.25. The van der Waals surface area contributed by atoms with Crippen molar-refractivity contribution >= 4 is 5.82 Å². The molecule has 3 rings (SSSR count). The van der Waals surface area contributed by atoms with Gasteiger partial charge in [-0.15, -0.1) is 0 Å². The molecule has 1 aliphatic heterocycles. The maximum Gasteiger partial charge on any atom is 0.128 e. The molecule has 0 bridgehead atoms. The smallest absolute Gasteiger partial charge is 0.128 e. The van der Waals surface area contributed by atoms with Crippen molar-refractivity contribution in [3.05, 3.63) is 47.4 Å². The van der Waals surface area contributed by atoms with E-state index < -0.39 is 0 Å². The van der Waals surface area contributed by atoms with Crippen LogP contribution in [0.2, 0.25) is 0 Å². The van der Waals surface area contributed by atoms with Gasteiger partial charge in [0.2, 0.25) is 0 Å². The summed E-state index contributed by atoms with van der Waals surface area (Å²) in [6, 6.07) is 8.93. The first-order valence-electron chi connectivity index (χ1n) is 5.80. The number of nitrogens with one attached hydrogen (secondary N) is 1. The first-order valence-corrected chi connectivity index (χ1v) is 5.80.